The van der Waals surface area contributed by atoms with E-state index in [9.17, 15) is 0 Å². The van der Waals surface area contributed by atoms with E-state index in [0.717, 1.165) is 27.9 Å². The van der Waals surface area contributed by atoms with Crippen molar-refractivity contribution >= 4 is 33.8 Å². The van der Waals surface area contributed by atoms with Gasteiger partial charge in [-0.15, -0.1) is 0 Å². The Morgan fingerprint density at radius 1 is 1.00 bits per heavy atom. The van der Waals surface area contributed by atoms with Gasteiger partial charge in [-0.1, -0.05) is 66.7 Å². The molecule has 0 saturated carbocycles. The minimum atomic E-state index is -0.0648. The average molecular weight is 373 g/mol. The average Bonchev–Trinajstić information content (AvgIpc) is 3.09. The van der Waals surface area contributed by atoms with E-state index in [1.807, 2.05) is 48.7 Å². The summed E-state index contributed by atoms with van der Waals surface area (Å²) in [5.41, 5.74) is 6.61. The highest BCUT2D eigenvalue weighted by atomic mass is 35.5. The molecule has 0 saturated heterocycles. The van der Waals surface area contributed by atoms with Crippen LogP contribution in [0.25, 0.3) is 16.5 Å². The minimum Gasteiger partial charge on any atom is -0.374 e. The van der Waals surface area contributed by atoms with E-state index in [1.54, 1.807) is 0 Å². The summed E-state index contributed by atoms with van der Waals surface area (Å²) in [4.78, 5) is 3.38. The van der Waals surface area contributed by atoms with Gasteiger partial charge in [0.2, 0.25) is 0 Å². The van der Waals surface area contributed by atoms with Gasteiger partial charge in [0.15, 0.2) is 0 Å². The number of halogens is 1. The molecule has 0 spiro atoms. The minimum absolute atomic E-state index is 0.0648. The number of aromatic amines is 1. The molecule has 2 N–H and O–H groups in total. The highest BCUT2D eigenvalue weighted by Crippen LogP contribution is 2.36. The van der Waals surface area contributed by atoms with Crippen LogP contribution in [0.5, 0.6) is 0 Å². The number of rotatable bonds is 5. The van der Waals surface area contributed by atoms with E-state index in [2.05, 4.69) is 54.1 Å². The molecule has 1 aromatic heterocycles. The van der Waals surface area contributed by atoms with Crippen molar-refractivity contribution in [2.45, 2.75) is 13.0 Å². The van der Waals surface area contributed by atoms with Gasteiger partial charge in [0.05, 0.1) is 6.04 Å². The number of aromatic nitrogens is 1. The van der Waals surface area contributed by atoms with Crippen molar-refractivity contribution in [1.82, 2.24) is 4.98 Å². The Hall–Kier alpha value is -2.97. The van der Waals surface area contributed by atoms with Crippen molar-refractivity contribution in [2.24, 2.45) is 0 Å². The summed E-state index contributed by atoms with van der Waals surface area (Å²) in [5, 5.41) is 5.49. The zero-order chi connectivity index (χ0) is 18.8. The van der Waals surface area contributed by atoms with E-state index < -0.39 is 0 Å². The molecule has 3 aromatic carbocycles. The molecule has 0 aliphatic carbocycles. The molecule has 134 valence electrons. The second-order valence-electron chi connectivity index (χ2n) is 6.78. The summed E-state index contributed by atoms with van der Waals surface area (Å²) >= 11 is 6.18. The fourth-order valence-corrected chi connectivity index (χ4v) is 3.61. The number of nitrogens with one attached hydrogen (secondary N) is 2. The van der Waals surface area contributed by atoms with Crippen LogP contribution in [-0.4, -0.2) is 4.98 Å². The van der Waals surface area contributed by atoms with Crippen LogP contribution in [0.2, 0.25) is 5.02 Å². The van der Waals surface area contributed by atoms with Gasteiger partial charge in [0, 0.05) is 33.4 Å². The largest absolute Gasteiger partial charge is 0.374 e. The number of aryl methyl sites for hydroxylation is 1. The van der Waals surface area contributed by atoms with Crippen LogP contribution in [-0.2, 0) is 0 Å². The van der Waals surface area contributed by atoms with Gasteiger partial charge in [-0.3, -0.25) is 0 Å². The maximum atomic E-state index is 6.18. The highest BCUT2D eigenvalue weighted by Gasteiger charge is 2.19. The second kappa shape index (κ2) is 7.34. The Kier molecular flexibility index (Phi) is 4.74. The maximum Gasteiger partial charge on any atom is 0.0768 e. The van der Waals surface area contributed by atoms with E-state index in [1.165, 1.54) is 10.9 Å². The smallest absolute Gasteiger partial charge is 0.0768 e. The van der Waals surface area contributed by atoms with E-state index in [0.29, 0.717) is 5.02 Å². The Labute approximate surface area is 164 Å². The first kappa shape index (κ1) is 17.4. The molecule has 0 bridgehead atoms. The molecule has 4 aromatic rings. The standard InChI is InChI=1S/C24H21ClN2/c1-16-11-12-21-22(15-26-23(21)13-16)17(2)24(18-7-4-3-5-8-18)27-20-10-6-9-19(25)14-20/h3-15,24,26-27H,2H2,1H3. The first-order valence-corrected chi connectivity index (χ1v) is 9.33. The molecule has 0 amide bonds. The molecule has 27 heavy (non-hydrogen) atoms. The van der Waals surface area contributed by atoms with Crippen LogP contribution in [0.3, 0.4) is 0 Å². The van der Waals surface area contributed by atoms with Crippen LogP contribution in [0.15, 0.2) is 85.6 Å². The molecule has 1 atom stereocenters. The number of hydrogen-bond donors (Lipinski definition) is 2. The summed E-state index contributed by atoms with van der Waals surface area (Å²) in [6.07, 6.45) is 2.04. The zero-order valence-electron chi connectivity index (χ0n) is 15.2. The third kappa shape index (κ3) is 3.62. The van der Waals surface area contributed by atoms with E-state index >= 15 is 0 Å². The highest BCUT2D eigenvalue weighted by molar-refractivity contribution is 6.30. The molecule has 1 heterocycles. The van der Waals surface area contributed by atoms with Gasteiger partial charge in [-0.05, 0) is 47.9 Å². The van der Waals surface area contributed by atoms with Crippen molar-refractivity contribution in [3.05, 3.63) is 107 Å². The summed E-state index contributed by atoms with van der Waals surface area (Å²) in [6, 6.07) is 24.5. The zero-order valence-corrected chi connectivity index (χ0v) is 15.9. The third-order valence-electron chi connectivity index (χ3n) is 4.80. The fourth-order valence-electron chi connectivity index (χ4n) is 3.42. The summed E-state index contributed by atoms with van der Waals surface area (Å²) < 4.78 is 0. The van der Waals surface area contributed by atoms with Gasteiger partial charge in [0.25, 0.3) is 0 Å². The van der Waals surface area contributed by atoms with Crippen molar-refractivity contribution < 1.29 is 0 Å². The molecular formula is C24H21ClN2. The molecule has 2 nitrogen and oxygen atoms in total. The summed E-state index contributed by atoms with van der Waals surface area (Å²) in [7, 11) is 0. The van der Waals surface area contributed by atoms with Crippen molar-refractivity contribution in [3.8, 4) is 0 Å². The fraction of sp³-hybridized carbons (Fsp3) is 0.0833. The van der Waals surface area contributed by atoms with Crippen molar-refractivity contribution in [1.29, 1.82) is 0 Å². The molecule has 3 heteroatoms. The van der Waals surface area contributed by atoms with Crippen LogP contribution in [0.4, 0.5) is 5.69 Å². The van der Waals surface area contributed by atoms with E-state index in [4.69, 9.17) is 11.6 Å². The SMILES string of the molecule is C=C(c1c[nH]c2cc(C)ccc12)C(Nc1cccc(Cl)c1)c1ccccc1. The van der Waals surface area contributed by atoms with Gasteiger partial charge in [0.1, 0.15) is 0 Å². The third-order valence-corrected chi connectivity index (χ3v) is 5.04. The van der Waals surface area contributed by atoms with Crippen molar-refractivity contribution in [2.75, 3.05) is 5.32 Å². The normalized spacial score (nSPS) is 12.1. The van der Waals surface area contributed by atoms with Gasteiger partial charge >= 0.3 is 0 Å². The maximum absolute atomic E-state index is 6.18. The van der Waals surface area contributed by atoms with Crippen LogP contribution in [0, 0.1) is 6.92 Å². The number of H-pyrrole nitrogens is 1. The summed E-state index contributed by atoms with van der Waals surface area (Å²) in [6.45, 7) is 6.55. The molecule has 0 aliphatic heterocycles. The Morgan fingerprint density at radius 2 is 1.81 bits per heavy atom. The first-order chi connectivity index (χ1) is 13.1. The summed E-state index contributed by atoms with van der Waals surface area (Å²) in [5.74, 6) is 0. The lowest BCUT2D eigenvalue weighted by Crippen LogP contribution is -2.12. The monoisotopic (exact) mass is 372 g/mol. The Morgan fingerprint density at radius 3 is 2.59 bits per heavy atom. The second-order valence-corrected chi connectivity index (χ2v) is 7.21. The molecule has 1 unspecified atom stereocenters. The topological polar surface area (TPSA) is 27.8 Å². The lowest BCUT2D eigenvalue weighted by Gasteiger charge is -2.23. The number of fused-ring (bicyclic) bond motifs is 1. The Bertz CT molecular complexity index is 1100. The molecule has 4 rings (SSSR count). The van der Waals surface area contributed by atoms with E-state index in [-0.39, 0.29) is 6.04 Å². The lowest BCUT2D eigenvalue weighted by atomic mass is 9.93. The quantitative estimate of drug-likeness (QED) is 0.388. The van der Waals surface area contributed by atoms with Gasteiger partial charge in [-0.25, -0.2) is 0 Å². The van der Waals surface area contributed by atoms with Crippen LogP contribution in [0.1, 0.15) is 22.7 Å². The number of benzene rings is 3. The predicted octanol–water partition coefficient (Wildman–Crippen LogP) is 7.00. The number of hydrogen-bond acceptors (Lipinski definition) is 1. The predicted molar refractivity (Wildman–Crippen MR) is 116 cm³/mol. The molecular weight excluding hydrogens is 352 g/mol. The van der Waals surface area contributed by atoms with Crippen molar-refractivity contribution in [3.63, 3.8) is 0 Å². The van der Waals surface area contributed by atoms with Gasteiger partial charge < -0.3 is 10.3 Å². The van der Waals surface area contributed by atoms with Crippen LogP contribution >= 0.6 is 11.6 Å². The molecule has 0 radical (unpaired) electrons. The number of anilines is 1. The Balaban J connectivity index is 1.76. The first-order valence-electron chi connectivity index (χ1n) is 8.96. The lowest BCUT2D eigenvalue weighted by molar-refractivity contribution is 1.01. The molecule has 0 fully saturated rings. The van der Waals surface area contributed by atoms with Gasteiger partial charge in [-0.2, -0.15) is 0 Å². The van der Waals surface area contributed by atoms with Crippen LogP contribution < -0.4 is 5.32 Å². The molecule has 0 aliphatic rings.